The van der Waals surface area contributed by atoms with E-state index in [4.69, 9.17) is 0 Å². The first kappa shape index (κ1) is 12.2. The number of aliphatic hydroxyl groups is 1. The van der Waals surface area contributed by atoms with Crippen LogP contribution in [0.25, 0.3) is 0 Å². The maximum atomic E-state index is 13.5. The van der Waals surface area contributed by atoms with Gasteiger partial charge in [0, 0.05) is 5.56 Å². The van der Waals surface area contributed by atoms with Gasteiger partial charge in [-0.05, 0) is 25.3 Å². The van der Waals surface area contributed by atoms with Crippen molar-refractivity contribution in [2.24, 2.45) is 5.92 Å². The first-order valence-corrected chi connectivity index (χ1v) is 5.47. The Labute approximate surface area is 90.9 Å². The molecule has 0 aliphatic carbocycles. The van der Waals surface area contributed by atoms with E-state index in [0.29, 0.717) is 5.56 Å². The van der Waals surface area contributed by atoms with E-state index in [0.717, 1.165) is 12.8 Å². The Balaban J connectivity index is 2.99. The van der Waals surface area contributed by atoms with Gasteiger partial charge >= 0.3 is 0 Å². The highest BCUT2D eigenvalue weighted by atomic mass is 19.1. The lowest BCUT2D eigenvalue weighted by atomic mass is 9.81. The van der Waals surface area contributed by atoms with E-state index in [1.807, 2.05) is 6.92 Å². The Morgan fingerprint density at radius 2 is 2.00 bits per heavy atom. The minimum atomic E-state index is -1.08. The summed E-state index contributed by atoms with van der Waals surface area (Å²) in [7, 11) is 0. The summed E-state index contributed by atoms with van der Waals surface area (Å²) >= 11 is 0. The van der Waals surface area contributed by atoms with Crippen molar-refractivity contribution in [3.05, 3.63) is 35.6 Å². The Morgan fingerprint density at radius 1 is 1.40 bits per heavy atom. The normalized spacial score (nSPS) is 17.1. The predicted molar refractivity (Wildman–Crippen MR) is 60.0 cm³/mol. The first-order chi connectivity index (χ1) is 7.00. The van der Waals surface area contributed by atoms with Crippen LogP contribution in [0.4, 0.5) is 4.39 Å². The third-order valence-corrected chi connectivity index (χ3v) is 3.10. The van der Waals surface area contributed by atoms with Gasteiger partial charge < -0.3 is 5.11 Å². The minimum Gasteiger partial charge on any atom is -0.385 e. The summed E-state index contributed by atoms with van der Waals surface area (Å²) in [5.41, 5.74) is -0.688. The summed E-state index contributed by atoms with van der Waals surface area (Å²) in [6.07, 6.45) is 1.88. The molecule has 0 radical (unpaired) electrons. The molecule has 84 valence electrons. The van der Waals surface area contributed by atoms with Crippen LogP contribution in [0.2, 0.25) is 0 Å². The molecule has 0 bridgehead atoms. The molecule has 0 aliphatic heterocycles. The number of rotatable bonds is 4. The number of hydrogen-bond acceptors (Lipinski definition) is 1. The molecular formula is C13H19FO. The Morgan fingerprint density at radius 3 is 2.53 bits per heavy atom. The molecule has 2 heteroatoms. The molecule has 0 amide bonds. The lowest BCUT2D eigenvalue weighted by Crippen LogP contribution is -2.30. The molecule has 2 atom stereocenters. The van der Waals surface area contributed by atoms with Crippen LogP contribution in [-0.2, 0) is 5.60 Å². The van der Waals surface area contributed by atoms with Crippen molar-refractivity contribution in [3.8, 4) is 0 Å². The second-order valence-electron chi connectivity index (χ2n) is 4.32. The van der Waals surface area contributed by atoms with Gasteiger partial charge in [0.05, 0.1) is 5.60 Å². The highest BCUT2D eigenvalue weighted by Crippen LogP contribution is 2.33. The van der Waals surface area contributed by atoms with Crippen LogP contribution in [0.5, 0.6) is 0 Å². The summed E-state index contributed by atoms with van der Waals surface area (Å²) < 4.78 is 13.5. The van der Waals surface area contributed by atoms with Gasteiger partial charge in [-0.3, -0.25) is 0 Å². The Hall–Kier alpha value is -0.890. The summed E-state index contributed by atoms with van der Waals surface area (Å²) in [6.45, 7) is 5.70. The SMILES string of the molecule is CCCC(C)C(C)(O)c1ccccc1F. The fraction of sp³-hybridized carbons (Fsp3) is 0.538. The first-order valence-electron chi connectivity index (χ1n) is 5.47. The highest BCUT2D eigenvalue weighted by Gasteiger charge is 2.31. The molecule has 1 aromatic carbocycles. The molecule has 1 aromatic rings. The summed E-state index contributed by atoms with van der Waals surface area (Å²) in [5.74, 6) is -0.273. The maximum Gasteiger partial charge on any atom is 0.129 e. The summed E-state index contributed by atoms with van der Waals surface area (Å²) in [5, 5.41) is 10.3. The number of benzene rings is 1. The largest absolute Gasteiger partial charge is 0.385 e. The van der Waals surface area contributed by atoms with Gasteiger partial charge in [0.15, 0.2) is 0 Å². The van der Waals surface area contributed by atoms with Crippen molar-refractivity contribution in [3.63, 3.8) is 0 Å². The number of hydrogen-bond donors (Lipinski definition) is 1. The van der Waals surface area contributed by atoms with Crippen molar-refractivity contribution < 1.29 is 9.50 Å². The molecule has 0 heterocycles. The molecule has 1 N–H and O–H groups in total. The van der Waals surface area contributed by atoms with Crippen LogP contribution in [0, 0.1) is 11.7 Å². The van der Waals surface area contributed by atoms with Gasteiger partial charge in [0.2, 0.25) is 0 Å². The average molecular weight is 210 g/mol. The molecular weight excluding hydrogens is 191 g/mol. The molecule has 1 rings (SSSR count). The summed E-state index contributed by atoms with van der Waals surface area (Å²) in [6, 6.07) is 6.44. The third-order valence-electron chi connectivity index (χ3n) is 3.10. The van der Waals surface area contributed by atoms with E-state index >= 15 is 0 Å². The van der Waals surface area contributed by atoms with Crippen LogP contribution in [-0.4, -0.2) is 5.11 Å². The van der Waals surface area contributed by atoms with Gasteiger partial charge in [-0.15, -0.1) is 0 Å². The average Bonchev–Trinajstić information content (AvgIpc) is 2.18. The van der Waals surface area contributed by atoms with Crippen molar-refractivity contribution >= 4 is 0 Å². The van der Waals surface area contributed by atoms with E-state index in [1.165, 1.54) is 6.07 Å². The minimum absolute atomic E-state index is 0.0550. The van der Waals surface area contributed by atoms with Gasteiger partial charge in [-0.1, -0.05) is 38.5 Å². The molecule has 15 heavy (non-hydrogen) atoms. The zero-order chi connectivity index (χ0) is 11.5. The molecule has 0 saturated carbocycles. The quantitative estimate of drug-likeness (QED) is 0.806. The van der Waals surface area contributed by atoms with Crippen LogP contribution >= 0.6 is 0 Å². The Kier molecular flexibility index (Phi) is 3.86. The van der Waals surface area contributed by atoms with Crippen LogP contribution in [0.15, 0.2) is 24.3 Å². The van der Waals surface area contributed by atoms with Gasteiger partial charge in [0.25, 0.3) is 0 Å². The van der Waals surface area contributed by atoms with E-state index in [2.05, 4.69) is 6.92 Å². The molecule has 0 spiro atoms. The molecule has 0 saturated heterocycles. The second-order valence-corrected chi connectivity index (χ2v) is 4.32. The maximum absolute atomic E-state index is 13.5. The fourth-order valence-electron chi connectivity index (χ4n) is 1.85. The fourth-order valence-corrected chi connectivity index (χ4v) is 1.85. The topological polar surface area (TPSA) is 20.2 Å². The van der Waals surface area contributed by atoms with E-state index in [1.54, 1.807) is 25.1 Å². The van der Waals surface area contributed by atoms with Crippen LogP contribution in [0.1, 0.15) is 39.2 Å². The van der Waals surface area contributed by atoms with Crippen LogP contribution in [0.3, 0.4) is 0 Å². The molecule has 0 aliphatic rings. The lowest BCUT2D eigenvalue weighted by Gasteiger charge is -2.31. The highest BCUT2D eigenvalue weighted by molar-refractivity contribution is 5.24. The van der Waals surface area contributed by atoms with Crippen molar-refractivity contribution in [1.82, 2.24) is 0 Å². The third kappa shape index (κ3) is 2.57. The van der Waals surface area contributed by atoms with Gasteiger partial charge in [-0.25, -0.2) is 4.39 Å². The van der Waals surface area contributed by atoms with Crippen molar-refractivity contribution in [1.29, 1.82) is 0 Å². The predicted octanol–water partition coefficient (Wildman–Crippen LogP) is 3.47. The van der Waals surface area contributed by atoms with Crippen LogP contribution < -0.4 is 0 Å². The standard InChI is InChI=1S/C13H19FO/c1-4-7-10(2)13(3,15)11-8-5-6-9-12(11)14/h5-6,8-10,15H,4,7H2,1-3H3. The summed E-state index contributed by atoms with van der Waals surface area (Å²) in [4.78, 5) is 0. The molecule has 0 aromatic heterocycles. The lowest BCUT2D eigenvalue weighted by molar-refractivity contribution is -0.00531. The zero-order valence-electron chi connectivity index (χ0n) is 9.63. The van der Waals surface area contributed by atoms with E-state index in [9.17, 15) is 9.50 Å². The molecule has 0 fully saturated rings. The Bertz CT molecular complexity index is 320. The van der Waals surface area contributed by atoms with Gasteiger partial charge in [-0.2, -0.15) is 0 Å². The van der Waals surface area contributed by atoms with E-state index in [-0.39, 0.29) is 11.7 Å². The molecule has 1 nitrogen and oxygen atoms in total. The zero-order valence-corrected chi connectivity index (χ0v) is 9.63. The molecule has 2 unspecified atom stereocenters. The van der Waals surface area contributed by atoms with Crippen molar-refractivity contribution in [2.45, 2.75) is 39.2 Å². The second kappa shape index (κ2) is 4.75. The smallest absolute Gasteiger partial charge is 0.129 e. The van der Waals surface area contributed by atoms with E-state index < -0.39 is 5.60 Å². The van der Waals surface area contributed by atoms with Gasteiger partial charge in [0.1, 0.15) is 5.82 Å². The monoisotopic (exact) mass is 210 g/mol. The van der Waals surface area contributed by atoms with Crippen molar-refractivity contribution in [2.75, 3.05) is 0 Å². The number of halogens is 1.